The largest absolute Gasteiger partial charge is 0.487 e. The lowest BCUT2D eigenvalue weighted by Gasteiger charge is -2.25. The first-order chi connectivity index (χ1) is 17.6. The number of benzene rings is 2. The predicted octanol–water partition coefficient (Wildman–Crippen LogP) is 4.61. The normalized spacial score (nSPS) is 18.5. The van der Waals surface area contributed by atoms with Crippen molar-refractivity contribution in [1.29, 1.82) is 0 Å². The Morgan fingerprint density at radius 3 is 2.59 bits per heavy atom. The van der Waals surface area contributed by atoms with E-state index in [1.807, 2.05) is 6.07 Å². The average Bonchev–Trinajstić information content (AvgIpc) is 3.42. The second-order valence-electron chi connectivity index (χ2n) is 8.94. The van der Waals surface area contributed by atoms with E-state index < -0.39 is 16.9 Å². The zero-order valence-electron chi connectivity index (χ0n) is 19.6. The maximum atomic E-state index is 13.3. The molecule has 11 heteroatoms. The molecule has 1 unspecified atom stereocenters. The van der Waals surface area contributed by atoms with Gasteiger partial charge in [0.05, 0.1) is 5.41 Å². The monoisotopic (exact) mass is 526 g/mol. The van der Waals surface area contributed by atoms with Gasteiger partial charge in [0.25, 0.3) is 5.91 Å². The highest BCUT2D eigenvalue weighted by Gasteiger charge is 2.53. The van der Waals surface area contributed by atoms with Crippen LogP contribution < -0.4 is 15.4 Å². The van der Waals surface area contributed by atoms with E-state index in [0.717, 1.165) is 5.56 Å². The number of rotatable bonds is 5. The summed E-state index contributed by atoms with van der Waals surface area (Å²) in [6, 6.07) is 12.2. The third kappa shape index (κ3) is 4.72. The third-order valence-electron chi connectivity index (χ3n) is 6.59. The first kappa shape index (κ1) is 24.6. The van der Waals surface area contributed by atoms with Gasteiger partial charge in [0, 0.05) is 72.1 Å². The number of alkyl halides is 3. The topological polar surface area (TPSA) is 101 Å². The number of ether oxygens (including phenoxy) is 1. The van der Waals surface area contributed by atoms with Crippen LogP contribution in [0.25, 0.3) is 11.1 Å². The number of pyridine rings is 1. The van der Waals surface area contributed by atoms with Crippen molar-refractivity contribution < 1.29 is 27.9 Å². The molecule has 1 atom stereocenters. The number of aromatic nitrogens is 1. The van der Waals surface area contributed by atoms with Gasteiger partial charge in [0.15, 0.2) is 0 Å². The Balaban J connectivity index is 1.51. The maximum Gasteiger partial charge on any atom is 0.487 e. The fourth-order valence-corrected chi connectivity index (χ4v) is 4.99. The second-order valence-corrected chi connectivity index (χ2v) is 9.38. The zero-order chi connectivity index (χ0) is 26.4. The van der Waals surface area contributed by atoms with Crippen molar-refractivity contribution in [2.45, 2.75) is 24.3 Å². The lowest BCUT2D eigenvalue weighted by molar-refractivity contribution is -0.128. The summed E-state index contributed by atoms with van der Waals surface area (Å²) in [5.74, 6) is -0.973. The summed E-state index contributed by atoms with van der Waals surface area (Å²) >= 11 is 4.78. The summed E-state index contributed by atoms with van der Waals surface area (Å²) < 4.78 is 30.0. The molecule has 1 saturated heterocycles. The number of likely N-dealkylation sites (tertiary alicyclic amines) is 1. The van der Waals surface area contributed by atoms with E-state index in [4.69, 9.17) is 11.6 Å². The van der Waals surface area contributed by atoms with Crippen LogP contribution in [0.1, 0.15) is 29.3 Å². The number of nitrogens with zero attached hydrogens (tertiary/aromatic N) is 2. The Labute approximate surface area is 215 Å². The molecule has 5 rings (SSSR count). The molecule has 2 aromatic carbocycles. The maximum absolute atomic E-state index is 13.3. The van der Waals surface area contributed by atoms with Gasteiger partial charge in [-0.2, -0.15) is 0 Å². The number of anilines is 2. The van der Waals surface area contributed by atoms with Crippen LogP contribution in [-0.2, 0) is 15.0 Å². The van der Waals surface area contributed by atoms with Crippen molar-refractivity contribution in [2.24, 2.45) is 0 Å². The summed E-state index contributed by atoms with van der Waals surface area (Å²) in [6.07, 6.45) is 3.73. The van der Waals surface area contributed by atoms with Gasteiger partial charge in [0.2, 0.25) is 11.8 Å². The second kappa shape index (κ2) is 9.11. The Hall–Kier alpha value is -4.05. The first-order valence-corrected chi connectivity index (χ1v) is 11.8. The molecule has 2 aliphatic heterocycles. The standard InChI is InChI=1S/C26H21ClF2N4O4/c1-15(34)33-10-8-25(14-33)22-20(16-3-2-9-30-13-16)11-17(12-21(22)32-24(25)36)23(35)31-18-4-6-19(7-5-18)37-26(27,28)29/h2-7,9,11-13H,8,10,14H2,1H3,(H,31,35)(H,32,36). The molecule has 2 N–H and O–H groups in total. The van der Waals surface area contributed by atoms with Crippen LogP contribution in [0.15, 0.2) is 60.9 Å². The first-order valence-electron chi connectivity index (χ1n) is 11.4. The quantitative estimate of drug-likeness (QED) is 0.473. The van der Waals surface area contributed by atoms with E-state index in [1.54, 1.807) is 35.5 Å². The minimum Gasteiger partial charge on any atom is -0.420 e. The number of halogens is 3. The molecule has 2 aliphatic rings. The Morgan fingerprint density at radius 2 is 1.97 bits per heavy atom. The van der Waals surface area contributed by atoms with Gasteiger partial charge in [-0.15, -0.1) is 8.78 Å². The van der Waals surface area contributed by atoms with Gasteiger partial charge in [-0.1, -0.05) is 6.07 Å². The molecule has 1 spiro atoms. The number of fused-ring (bicyclic) bond motifs is 2. The number of carbonyl (C=O) groups is 3. The molecular formula is C26H21ClF2N4O4. The van der Waals surface area contributed by atoms with E-state index in [-0.39, 0.29) is 29.7 Å². The molecule has 1 fully saturated rings. The minimum absolute atomic E-state index is 0.108. The third-order valence-corrected chi connectivity index (χ3v) is 6.67. The van der Waals surface area contributed by atoms with Crippen LogP contribution in [0.5, 0.6) is 5.75 Å². The number of nitrogens with one attached hydrogen (secondary N) is 2. The van der Waals surface area contributed by atoms with Crippen LogP contribution in [-0.4, -0.2) is 46.3 Å². The summed E-state index contributed by atoms with van der Waals surface area (Å²) in [6.45, 7) is 2.17. The van der Waals surface area contributed by atoms with Crippen molar-refractivity contribution in [1.82, 2.24) is 9.88 Å². The highest BCUT2D eigenvalue weighted by atomic mass is 35.5. The van der Waals surface area contributed by atoms with E-state index in [0.29, 0.717) is 35.5 Å². The van der Waals surface area contributed by atoms with Crippen molar-refractivity contribution in [3.05, 3.63) is 72.1 Å². The fraction of sp³-hybridized carbons (Fsp3) is 0.231. The zero-order valence-corrected chi connectivity index (χ0v) is 20.3. The minimum atomic E-state index is -3.85. The van der Waals surface area contributed by atoms with Gasteiger partial charge in [-0.25, -0.2) is 0 Å². The van der Waals surface area contributed by atoms with Gasteiger partial charge in [-0.3, -0.25) is 19.4 Å². The van der Waals surface area contributed by atoms with E-state index in [2.05, 4.69) is 20.4 Å². The summed E-state index contributed by atoms with van der Waals surface area (Å²) in [4.78, 5) is 44.3. The molecule has 3 heterocycles. The lowest BCUT2D eigenvalue weighted by atomic mass is 9.77. The summed E-state index contributed by atoms with van der Waals surface area (Å²) in [5.41, 5.74) is -1.57. The van der Waals surface area contributed by atoms with E-state index in [9.17, 15) is 23.2 Å². The van der Waals surface area contributed by atoms with E-state index in [1.165, 1.54) is 31.2 Å². The number of amides is 3. The average molecular weight is 527 g/mol. The molecule has 8 nitrogen and oxygen atoms in total. The van der Waals surface area contributed by atoms with Crippen LogP contribution >= 0.6 is 11.6 Å². The number of hydrogen-bond acceptors (Lipinski definition) is 5. The highest BCUT2D eigenvalue weighted by Crippen LogP contribution is 2.49. The van der Waals surface area contributed by atoms with Gasteiger partial charge >= 0.3 is 5.57 Å². The molecule has 37 heavy (non-hydrogen) atoms. The molecule has 0 radical (unpaired) electrons. The van der Waals surface area contributed by atoms with Crippen molar-refractivity contribution in [3.8, 4) is 16.9 Å². The smallest absolute Gasteiger partial charge is 0.420 e. The van der Waals surface area contributed by atoms with Gasteiger partial charge in [0.1, 0.15) is 5.75 Å². The van der Waals surface area contributed by atoms with Crippen molar-refractivity contribution >= 4 is 40.7 Å². The van der Waals surface area contributed by atoms with Crippen molar-refractivity contribution in [3.63, 3.8) is 0 Å². The Bertz CT molecular complexity index is 1400. The molecule has 190 valence electrons. The fourth-order valence-electron chi connectivity index (χ4n) is 4.90. The molecule has 0 saturated carbocycles. The number of hydrogen-bond donors (Lipinski definition) is 2. The summed E-state index contributed by atoms with van der Waals surface area (Å²) in [7, 11) is 0. The van der Waals surface area contributed by atoms with Crippen LogP contribution in [0.2, 0.25) is 0 Å². The molecule has 0 bridgehead atoms. The Morgan fingerprint density at radius 1 is 1.22 bits per heavy atom. The molecule has 1 aromatic heterocycles. The SMILES string of the molecule is CC(=O)N1CCC2(C1)C(=O)Nc1cc(C(=O)Nc3ccc(OC(F)(F)Cl)cc3)cc(-c3cccnc3)c12. The molecule has 0 aliphatic carbocycles. The highest BCUT2D eigenvalue weighted by molar-refractivity contribution is 6.20. The van der Waals surface area contributed by atoms with Crippen LogP contribution in [0, 0.1) is 0 Å². The molecule has 3 aromatic rings. The van der Waals surface area contributed by atoms with Gasteiger partial charge < -0.3 is 20.3 Å². The molecule has 3 amide bonds. The van der Waals surface area contributed by atoms with Gasteiger partial charge in [-0.05, 0) is 54.4 Å². The predicted molar refractivity (Wildman–Crippen MR) is 133 cm³/mol. The number of carbonyl (C=O) groups excluding carboxylic acids is 3. The Kier molecular flexibility index (Phi) is 6.07. The van der Waals surface area contributed by atoms with Crippen LogP contribution in [0.4, 0.5) is 20.2 Å². The van der Waals surface area contributed by atoms with E-state index >= 15 is 0 Å². The summed E-state index contributed by atoms with van der Waals surface area (Å²) in [5, 5.41) is 5.63. The lowest BCUT2D eigenvalue weighted by Crippen LogP contribution is -2.39. The van der Waals surface area contributed by atoms with Crippen LogP contribution in [0.3, 0.4) is 0 Å². The molecular weight excluding hydrogens is 506 g/mol. The van der Waals surface area contributed by atoms with Crippen molar-refractivity contribution in [2.75, 3.05) is 23.7 Å².